The highest BCUT2D eigenvalue weighted by molar-refractivity contribution is 6.74. The second-order valence-electron chi connectivity index (χ2n) is 12.6. The number of hydrogen-bond donors (Lipinski definition) is 0. The minimum atomic E-state index is -1.73. The maximum Gasteiger partial charge on any atom is 0.192 e. The quantitative estimate of drug-likeness (QED) is 0.262. The van der Waals surface area contributed by atoms with Crippen molar-refractivity contribution < 1.29 is 13.9 Å². The van der Waals surface area contributed by atoms with Gasteiger partial charge in [0.15, 0.2) is 8.32 Å². The Balaban J connectivity index is 1.68. The number of hydrogen-bond acceptors (Lipinski definition) is 3. The Morgan fingerprint density at radius 1 is 1.07 bits per heavy atom. The Labute approximate surface area is 187 Å². The van der Waals surface area contributed by atoms with Crippen molar-refractivity contribution in [1.82, 2.24) is 0 Å². The van der Waals surface area contributed by atoms with Crippen molar-refractivity contribution >= 4 is 8.32 Å². The van der Waals surface area contributed by atoms with Gasteiger partial charge in [-0.3, -0.25) is 0 Å². The van der Waals surface area contributed by atoms with Crippen LogP contribution in [0.2, 0.25) is 18.1 Å². The molecule has 0 unspecified atom stereocenters. The van der Waals surface area contributed by atoms with Crippen molar-refractivity contribution in [3.63, 3.8) is 0 Å². The molecular weight excluding hydrogens is 388 g/mol. The first kappa shape index (κ1) is 24.3. The summed E-state index contributed by atoms with van der Waals surface area (Å²) >= 11 is 0. The summed E-state index contributed by atoms with van der Waals surface area (Å²) in [5.41, 5.74) is 0.595. The molecule has 0 saturated heterocycles. The summed E-state index contributed by atoms with van der Waals surface area (Å²) in [5.74, 6) is 8.42. The zero-order valence-electron chi connectivity index (χ0n) is 21.1. The summed E-state index contributed by atoms with van der Waals surface area (Å²) in [6, 6.07) is 0. The first-order valence-electron chi connectivity index (χ1n) is 12.1. The third kappa shape index (κ3) is 4.42. The number of methoxy groups -OCH3 is 1. The smallest absolute Gasteiger partial charge is 0.192 e. The average molecular weight is 435 g/mol. The van der Waals surface area contributed by atoms with E-state index in [1.807, 2.05) is 0 Å². The van der Waals surface area contributed by atoms with Gasteiger partial charge in [0.25, 0.3) is 0 Å². The normalized spacial score (nSPS) is 36.4. The first-order chi connectivity index (χ1) is 13.8. The van der Waals surface area contributed by atoms with Crippen LogP contribution in [-0.2, 0) is 13.9 Å². The van der Waals surface area contributed by atoms with Crippen LogP contribution in [0.15, 0.2) is 0 Å². The summed E-state index contributed by atoms with van der Waals surface area (Å²) in [5, 5.41) is 0.280. The van der Waals surface area contributed by atoms with Crippen molar-refractivity contribution in [2.75, 3.05) is 13.9 Å². The Hall–Kier alpha value is -0.343. The predicted molar refractivity (Wildman–Crippen MR) is 127 cm³/mol. The lowest BCUT2D eigenvalue weighted by molar-refractivity contribution is -0.111. The molecule has 3 fully saturated rings. The number of rotatable bonds is 6. The summed E-state index contributed by atoms with van der Waals surface area (Å²) in [7, 11) is -0.0675. The molecule has 0 amide bonds. The third-order valence-corrected chi connectivity index (χ3v) is 13.7. The maximum absolute atomic E-state index is 7.02. The molecular formula is C26H46O3Si. The molecule has 172 valence electrons. The summed E-state index contributed by atoms with van der Waals surface area (Å²) in [4.78, 5) is 0. The molecule has 3 aliphatic rings. The maximum atomic E-state index is 7.02. The molecule has 4 heteroatoms. The van der Waals surface area contributed by atoms with Crippen LogP contribution in [0.25, 0.3) is 0 Å². The van der Waals surface area contributed by atoms with Gasteiger partial charge in [-0.15, -0.1) is 5.92 Å². The molecule has 1 spiro atoms. The molecule has 30 heavy (non-hydrogen) atoms. The largest absolute Gasteiger partial charge is 0.414 e. The monoisotopic (exact) mass is 434 g/mol. The number of ether oxygens (including phenoxy) is 2. The van der Waals surface area contributed by atoms with Gasteiger partial charge in [0.05, 0.1) is 5.60 Å². The molecule has 0 aliphatic heterocycles. The lowest BCUT2D eigenvalue weighted by atomic mass is 9.62. The predicted octanol–water partition coefficient (Wildman–Crippen LogP) is 6.78. The molecule has 0 aromatic heterocycles. The lowest BCUT2D eigenvalue weighted by Crippen LogP contribution is -2.50. The van der Waals surface area contributed by atoms with Crippen LogP contribution in [0.3, 0.4) is 0 Å². The van der Waals surface area contributed by atoms with E-state index in [2.05, 4.69) is 66.5 Å². The van der Waals surface area contributed by atoms with E-state index in [1.54, 1.807) is 7.11 Å². The van der Waals surface area contributed by atoms with E-state index in [0.717, 1.165) is 6.42 Å². The molecule has 0 aromatic rings. The second kappa shape index (κ2) is 8.21. The Morgan fingerprint density at radius 3 is 2.40 bits per heavy atom. The molecule has 5 atom stereocenters. The number of fused-ring (bicyclic) bond motifs is 2. The molecule has 3 nitrogen and oxygen atoms in total. The molecule has 3 aliphatic carbocycles. The summed E-state index contributed by atoms with van der Waals surface area (Å²) in [6.45, 7) is 19.0. The summed E-state index contributed by atoms with van der Waals surface area (Å²) < 4.78 is 17.8. The minimum Gasteiger partial charge on any atom is -0.414 e. The standard InChI is InChI=1S/C26H46O3Si/c1-23(2,3)30(8,9)29-22-13-11-16-25(6)21(22)14-17-26(25)18-20(26)12-10-15-24(4,5)28-19-27-7/h20-22H,11,13-19H2,1-9H3/t20-,21-,22-,25-,26-/m0/s1. The van der Waals surface area contributed by atoms with E-state index >= 15 is 0 Å². The van der Waals surface area contributed by atoms with Gasteiger partial charge in [0, 0.05) is 25.6 Å². The van der Waals surface area contributed by atoms with Crippen molar-refractivity contribution in [3.8, 4) is 11.8 Å². The van der Waals surface area contributed by atoms with E-state index in [0.29, 0.717) is 35.6 Å². The van der Waals surface area contributed by atoms with Crippen LogP contribution in [0, 0.1) is 34.5 Å². The van der Waals surface area contributed by atoms with Gasteiger partial charge in [-0.2, -0.15) is 0 Å². The molecule has 0 aromatic carbocycles. The van der Waals surface area contributed by atoms with Gasteiger partial charge in [0.2, 0.25) is 0 Å². The molecule has 0 radical (unpaired) electrons. The summed E-state index contributed by atoms with van der Waals surface area (Å²) in [6.07, 6.45) is 9.11. The fourth-order valence-corrected chi connectivity index (χ4v) is 7.44. The van der Waals surface area contributed by atoms with Crippen molar-refractivity contribution in [2.24, 2.45) is 22.7 Å². The van der Waals surface area contributed by atoms with Crippen LogP contribution in [0.4, 0.5) is 0 Å². The topological polar surface area (TPSA) is 27.7 Å². The van der Waals surface area contributed by atoms with Crippen LogP contribution in [0.1, 0.15) is 86.5 Å². The fourth-order valence-electron chi connectivity index (χ4n) is 6.04. The molecule has 3 rings (SSSR count). The van der Waals surface area contributed by atoms with Crippen molar-refractivity contribution in [3.05, 3.63) is 0 Å². The Bertz CT molecular complexity index is 683. The van der Waals surface area contributed by atoms with E-state index in [1.165, 1.54) is 38.5 Å². The zero-order valence-corrected chi connectivity index (χ0v) is 22.1. The van der Waals surface area contributed by atoms with Gasteiger partial charge in [-0.1, -0.05) is 40.0 Å². The molecule has 0 heterocycles. The van der Waals surface area contributed by atoms with E-state index in [4.69, 9.17) is 13.9 Å². The van der Waals surface area contributed by atoms with Crippen LogP contribution in [-0.4, -0.2) is 33.9 Å². The zero-order chi connectivity index (χ0) is 22.4. The van der Waals surface area contributed by atoms with Gasteiger partial charge >= 0.3 is 0 Å². The van der Waals surface area contributed by atoms with E-state index in [-0.39, 0.29) is 10.6 Å². The Morgan fingerprint density at radius 2 is 1.77 bits per heavy atom. The van der Waals surface area contributed by atoms with Gasteiger partial charge in [-0.25, -0.2) is 0 Å². The second-order valence-corrected chi connectivity index (χ2v) is 17.3. The molecule has 0 N–H and O–H groups in total. The van der Waals surface area contributed by atoms with Gasteiger partial charge in [0.1, 0.15) is 6.79 Å². The van der Waals surface area contributed by atoms with Gasteiger partial charge < -0.3 is 13.9 Å². The average Bonchev–Trinajstić information content (AvgIpc) is 3.24. The first-order valence-corrected chi connectivity index (χ1v) is 15.0. The van der Waals surface area contributed by atoms with Crippen LogP contribution >= 0.6 is 0 Å². The highest BCUT2D eigenvalue weighted by atomic mass is 28.4. The highest BCUT2D eigenvalue weighted by Gasteiger charge is 2.70. The van der Waals surface area contributed by atoms with E-state index < -0.39 is 8.32 Å². The highest BCUT2D eigenvalue weighted by Crippen LogP contribution is 2.76. The van der Waals surface area contributed by atoms with Crippen molar-refractivity contribution in [1.29, 1.82) is 0 Å². The van der Waals surface area contributed by atoms with E-state index in [9.17, 15) is 0 Å². The van der Waals surface area contributed by atoms with Crippen LogP contribution < -0.4 is 0 Å². The Kier molecular flexibility index (Phi) is 6.65. The van der Waals surface area contributed by atoms with Crippen LogP contribution in [0.5, 0.6) is 0 Å². The minimum absolute atomic E-state index is 0.250. The van der Waals surface area contributed by atoms with Gasteiger partial charge in [-0.05, 0) is 80.8 Å². The fraction of sp³-hybridized carbons (Fsp3) is 0.923. The van der Waals surface area contributed by atoms with Crippen molar-refractivity contribution in [2.45, 2.75) is 116 Å². The molecule has 3 saturated carbocycles. The lowest BCUT2D eigenvalue weighted by Gasteiger charge is -2.49. The third-order valence-electron chi connectivity index (χ3n) is 9.18. The SMILES string of the molecule is COCOC(C)(C)CC#C[C@H]1C[C@@]12CC[C@H]1[C@@H](O[Si](C)(C)C(C)(C)C)CCC[C@@]12C. The molecule has 0 bridgehead atoms.